The Kier molecular flexibility index (Phi) is 9.63. The molecule has 3 amide bonds. The molecule has 2 saturated heterocycles. The number of nitrogens with zero attached hydrogens (tertiary/aromatic N) is 5. The van der Waals surface area contributed by atoms with E-state index < -0.39 is 11.2 Å². The summed E-state index contributed by atoms with van der Waals surface area (Å²) in [4.78, 5) is 47.6. The molecule has 2 aliphatic heterocycles. The zero-order valence-corrected chi connectivity index (χ0v) is 25.3. The third-order valence-corrected chi connectivity index (χ3v) is 8.90. The Balaban J connectivity index is 0.00000405. The zero-order chi connectivity index (χ0) is 29.5. The third kappa shape index (κ3) is 6.47. The molecule has 0 bridgehead atoms. The normalized spacial score (nSPS) is 24.5. The van der Waals surface area contributed by atoms with E-state index in [1.807, 2.05) is 24.3 Å². The number of piperazine rings is 1. The molecule has 3 heterocycles. The molecule has 5 rings (SSSR count). The minimum atomic E-state index is -0.954. The highest BCUT2D eigenvalue weighted by Crippen LogP contribution is 2.55. The van der Waals surface area contributed by atoms with Crippen LogP contribution in [0.1, 0.15) is 26.3 Å². The molecule has 1 aromatic carbocycles. The van der Waals surface area contributed by atoms with Crippen molar-refractivity contribution in [2.45, 2.75) is 44.8 Å². The molecular formula is C29H43ClN8O4. The van der Waals surface area contributed by atoms with E-state index in [2.05, 4.69) is 22.1 Å². The van der Waals surface area contributed by atoms with Gasteiger partial charge in [-0.2, -0.15) is 4.98 Å². The minimum Gasteiger partial charge on any atom is -0.395 e. The second kappa shape index (κ2) is 12.7. The Morgan fingerprint density at radius 2 is 1.76 bits per heavy atom. The van der Waals surface area contributed by atoms with Crippen molar-refractivity contribution in [1.82, 2.24) is 24.3 Å². The molecule has 230 valence electrons. The van der Waals surface area contributed by atoms with Crippen molar-refractivity contribution in [1.29, 1.82) is 0 Å². The molecule has 5 atom stereocenters. The first-order valence-corrected chi connectivity index (χ1v) is 14.4. The van der Waals surface area contributed by atoms with Crippen LogP contribution in [0.4, 0.5) is 10.6 Å². The predicted octanol–water partition coefficient (Wildman–Crippen LogP) is 0.496. The van der Waals surface area contributed by atoms with Gasteiger partial charge in [-0.15, -0.1) is 12.4 Å². The van der Waals surface area contributed by atoms with Gasteiger partial charge in [0.2, 0.25) is 5.91 Å². The summed E-state index contributed by atoms with van der Waals surface area (Å²) < 4.78 is 1.44. The van der Waals surface area contributed by atoms with Crippen molar-refractivity contribution in [3.8, 4) is 5.69 Å². The summed E-state index contributed by atoms with van der Waals surface area (Å²) in [5, 5.41) is 12.7. The number of hydrogen-bond donors (Lipinski definition) is 4. The maximum Gasteiger partial charge on any atom is 0.354 e. The van der Waals surface area contributed by atoms with Crippen molar-refractivity contribution < 1.29 is 14.7 Å². The maximum atomic E-state index is 12.8. The number of nitrogens with two attached hydrogens (primary N) is 2. The van der Waals surface area contributed by atoms with Crippen LogP contribution in [0.25, 0.3) is 5.69 Å². The second-order valence-corrected chi connectivity index (χ2v) is 12.2. The number of likely N-dealkylation sites (tertiary alicyclic amines) is 1. The van der Waals surface area contributed by atoms with E-state index in [9.17, 15) is 19.5 Å². The van der Waals surface area contributed by atoms with E-state index >= 15 is 0 Å². The molecule has 6 N–H and O–H groups in total. The number of rotatable bonds is 8. The summed E-state index contributed by atoms with van der Waals surface area (Å²) in [6.07, 6.45) is 2.44. The van der Waals surface area contributed by atoms with Gasteiger partial charge in [0.25, 0.3) is 0 Å². The molecule has 0 radical (unpaired) electrons. The fourth-order valence-corrected chi connectivity index (χ4v) is 6.60. The Labute approximate surface area is 252 Å². The Morgan fingerprint density at radius 1 is 1.12 bits per heavy atom. The van der Waals surface area contributed by atoms with Crippen LogP contribution >= 0.6 is 12.4 Å². The van der Waals surface area contributed by atoms with Gasteiger partial charge in [0.05, 0.1) is 17.8 Å². The number of urea groups is 1. The summed E-state index contributed by atoms with van der Waals surface area (Å²) in [5.74, 6) is 1.70. The summed E-state index contributed by atoms with van der Waals surface area (Å²) in [7, 11) is 0. The molecule has 0 spiro atoms. The van der Waals surface area contributed by atoms with Gasteiger partial charge < -0.3 is 26.4 Å². The third-order valence-electron chi connectivity index (χ3n) is 8.90. The van der Waals surface area contributed by atoms with Gasteiger partial charge in [-0.1, -0.05) is 12.1 Å². The van der Waals surface area contributed by atoms with Crippen LogP contribution in [-0.4, -0.2) is 105 Å². The van der Waals surface area contributed by atoms with Crippen LogP contribution in [0.15, 0.2) is 41.3 Å². The Hall–Kier alpha value is -3.03. The van der Waals surface area contributed by atoms with Crippen LogP contribution in [0.2, 0.25) is 0 Å². The van der Waals surface area contributed by atoms with E-state index in [-0.39, 0.29) is 48.9 Å². The number of aliphatic hydroxyl groups excluding tert-OH is 1. The number of aliphatic hydroxyl groups is 1. The molecule has 1 unspecified atom stereocenters. The van der Waals surface area contributed by atoms with Crippen molar-refractivity contribution in [2.24, 2.45) is 29.2 Å². The van der Waals surface area contributed by atoms with Gasteiger partial charge in [-0.3, -0.25) is 19.6 Å². The van der Waals surface area contributed by atoms with Crippen molar-refractivity contribution >= 4 is 30.2 Å². The van der Waals surface area contributed by atoms with Crippen molar-refractivity contribution in [3.63, 3.8) is 0 Å². The highest BCUT2D eigenvalue weighted by atomic mass is 35.5. The highest BCUT2D eigenvalue weighted by molar-refractivity contribution is 5.89. The maximum absolute atomic E-state index is 12.8. The number of carbonyl (C=O) groups is 2. The van der Waals surface area contributed by atoms with Gasteiger partial charge in [-0.05, 0) is 75.3 Å². The lowest BCUT2D eigenvalue weighted by atomic mass is 10.0. The average molecular weight is 603 g/mol. The van der Waals surface area contributed by atoms with Gasteiger partial charge in [0.1, 0.15) is 5.82 Å². The average Bonchev–Trinajstić information content (AvgIpc) is 3.50. The molecule has 12 nitrogen and oxygen atoms in total. The number of piperidine rings is 1. The number of halogens is 1. The Morgan fingerprint density at radius 3 is 2.33 bits per heavy atom. The SMILES string of the molecule is CC(Cc1ccc(-n2ccc(NC(=O)N3CCN(C(=O)C(C)(C)N)CC3)nc2=O)cc1)N1C[C@@H]2[C@@H](CN)[C@@H]2[C@H]1CO.Cl. The zero-order valence-electron chi connectivity index (χ0n) is 24.5. The van der Waals surface area contributed by atoms with Gasteiger partial charge in [0.15, 0.2) is 0 Å². The summed E-state index contributed by atoms with van der Waals surface area (Å²) in [5.41, 5.74) is 12.2. The predicted molar refractivity (Wildman–Crippen MR) is 163 cm³/mol. The first-order valence-electron chi connectivity index (χ1n) is 14.4. The topological polar surface area (TPSA) is 163 Å². The van der Waals surface area contributed by atoms with Crippen LogP contribution in [0.5, 0.6) is 0 Å². The van der Waals surface area contributed by atoms with Crippen LogP contribution in [0.3, 0.4) is 0 Å². The number of anilines is 1. The van der Waals surface area contributed by atoms with E-state index in [1.54, 1.807) is 35.9 Å². The smallest absolute Gasteiger partial charge is 0.354 e. The summed E-state index contributed by atoms with van der Waals surface area (Å²) >= 11 is 0. The summed E-state index contributed by atoms with van der Waals surface area (Å²) in [6.45, 7) is 8.90. The molecule has 13 heteroatoms. The minimum absolute atomic E-state index is 0. The fraction of sp³-hybridized carbons (Fsp3) is 0.586. The number of hydrogen-bond acceptors (Lipinski definition) is 8. The number of carbonyl (C=O) groups excluding carboxylic acids is 2. The van der Waals surface area contributed by atoms with Crippen LogP contribution in [-0.2, 0) is 11.2 Å². The van der Waals surface area contributed by atoms with Gasteiger partial charge >= 0.3 is 11.7 Å². The number of aromatic nitrogens is 2. The highest BCUT2D eigenvalue weighted by Gasteiger charge is 2.60. The van der Waals surface area contributed by atoms with Crippen LogP contribution < -0.4 is 22.5 Å². The number of nitrogens with one attached hydrogen (secondary N) is 1. The summed E-state index contributed by atoms with van der Waals surface area (Å²) in [6, 6.07) is 9.49. The lowest BCUT2D eigenvalue weighted by Gasteiger charge is -2.37. The van der Waals surface area contributed by atoms with E-state index in [0.717, 1.165) is 18.5 Å². The van der Waals surface area contributed by atoms with E-state index in [1.165, 1.54) is 4.57 Å². The monoisotopic (exact) mass is 602 g/mol. The standard InChI is InChI=1S/C29H42N8O4.ClH/c1-18(37-16-22-21(15-30)25(22)23(37)17-38)14-19-4-6-20(7-5-19)36-9-8-24(33-28(36)41)32-27(40)35-12-10-34(11-13-35)26(39)29(2,3)31;/h4-9,18,21-23,25,38H,10-17,30-31H2,1-3H3,(H,32,33,40,41);1H/t18?,21-,22-,23-,25+;/m1./s1. The fourth-order valence-electron chi connectivity index (χ4n) is 6.60. The number of amides is 3. The lowest BCUT2D eigenvalue weighted by molar-refractivity contribution is -0.137. The Bertz CT molecular complexity index is 1320. The van der Waals surface area contributed by atoms with Crippen molar-refractivity contribution in [3.05, 3.63) is 52.6 Å². The molecule has 42 heavy (non-hydrogen) atoms. The number of fused-ring (bicyclic) bond motifs is 1. The first-order chi connectivity index (χ1) is 19.5. The second-order valence-electron chi connectivity index (χ2n) is 12.2. The van der Waals surface area contributed by atoms with Gasteiger partial charge in [-0.25, -0.2) is 9.59 Å². The van der Waals surface area contributed by atoms with Crippen LogP contribution in [0, 0.1) is 17.8 Å². The molecule has 3 fully saturated rings. The van der Waals surface area contributed by atoms with Gasteiger partial charge in [0, 0.05) is 51.0 Å². The molecule has 1 saturated carbocycles. The van der Waals surface area contributed by atoms with Crippen molar-refractivity contribution in [2.75, 3.05) is 51.2 Å². The molecule has 3 aliphatic rings. The molecule has 2 aromatic rings. The quantitative estimate of drug-likeness (QED) is 0.339. The van der Waals surface area contributed by atoms with E-state index in [4.69, 9.17) is 11.5 Å². The number of benzene rings is 1. The first kappa shape index (κ1) is 31.9. The largest absolute Gasteiger partial charge is 0.395 e. The molecule has 1 aliphatic carbocycles. The lowest BCUT2D eigenvalue weighted by Crippen LogP contribution is -2.58. The van der Waals surface area contributed by atoms with E-state index in [0.29, 0.717) is 56.2 Å². The molecule has 1 aromatic heterocycles. The molecular weight excluding hydrogens is 560 g/mol.